The van der Waals surface area contributed by atoms with E-state index in [1.165, 1.54) is 0 Å². The van der Waals surface area contributed by atoms with Gasteiger partial charge < -0.3 is 20.5 Å². The molecule has 0 fully saturated rings. The fraction of sp³-hybridized carbons (Fsp3) is 0.316. The molecule has 2 heterocycles. The van der Waals surface area contributed by atoms with Gasteiger partial charge in [0.1, 0.15) is 6.20 Å². The highest BCUT2D eigenvalue weighted by molar-refractivity contribution is 6.08. The Bertz CT molecular complexity index is 995. The molecule has 0 unspecified atom stereocenters. The number of hydrogen-bond donors (Lipinski definition) is 4. The van der Waals surface area contributed by atoms with Gasteiger partial charge in [0.2, 0.25) is 5.91 Å². The van der Waals surface area contributed by atoms with Crippen molar-refractivity contribution in [2.75, 3.05) is 25.9 Å². The van der Waals surface area contributed by atoms with Crippen LogP contribution in [0.5, 0.6) is 0 Å². The molecule has 0 aliphatic carbocycles. The average Bonchev–Trinajstić information content (AvgIpc) is 2.96. The van der Waals surface area contributed by atoms with E-state index in [9.17, 15) is 9.59 Å². The summed E-state index contributed by atoms with van der Waals surface area (Å²) in [5.74, 6) is 0.631. The van der Waals surface area contributed by atoms with Gasteiger partial charge in [-0.05, 0) is 6.07 Å². The second kappa shape index (κ2) is 7.94. The third kappa shape index (κ3) is 3.94. The number of aryl methyl sites for hydroxylation is 2. The van der Waals surface area contributed by atoms with Crippen LogP contribution >= 0.6 is 0 Å². The first-order chi connectivity index (χ1) is 13.0. The average molecular weight is 369 g/mol. The molecular formula is C19H25N6O2+. The maximum absolute atomic E-state index is 12.2. The maximum atomic E-state index is 12.2. The van der Waals surface area contributed by atoms with Crippen LogP contribution in [0.3, 0.4) is 0 Å². The second-order valence-corrected chi connectivity index (χ2v) is 6.38. The highest BCUT2D eigenvalue weighted by atomic mass is 16.2. The summed E-state index contributed by atoms with van der Waals surface area (Å²) in [6, 6.07) is 9.82. The maximum Gasteiger partial charge on any atom is 0.314 e. The van der Waals surface area contributed by atoms with Crippen LogP contribution in [0.25, 0.3) is 21.8 Å². The molecule has 3 amide bonds. The first-order valence-electron chi connectivity index (χ1n) is 8.89. The monoisotopic (exact) mass is 369 g/mol. The Labute approximate surface area is 157 Å². The van der Waals surface area contributed by atoms with Gasteiger partial charge in [-0.2, -0.15) is 0 Å². The molecule has 3 aromatic rings. The minimum atomic E-state index is -0.262. The van der Waals surface area contributed by atoms with Gasteiger partial charge in [0.15, 0.2) is 0 Å². The molecule has 5 N–H and O–H groups in total. The van der Waals surface area contributed by atoms with Crippen molar-refractivity contribution < 1.29 is 14.2 Å². The number of rotatable bonds is 6. The van der Waals surface area contributed by atoms with Gasteiger partial charge in [0.05, 0.1) is 12.6 Å². The third-order valence-electron chi connectivity index (χ3n) is 4.59. The van der Waals surface area contributed by atoms with E-state index < -0.39 is 0 Å². The molecule has 0 aliphatic heterocycles. The summed E-state index contributed by atoms with van der Waals surface area (Å²) in [4.78, 5) is 23.3. The van der Waals surface area contributed by atoms with E-state index in [4.69, 9.17) is 5.73 Å². The van der Waals surface area contributed by atoms with E-state index in [1.54, 1.807) is 7.05 Å². The lowest BCUT2D eigenvalue weighted by Gasteiger charge is -2.09. The zero-order valence-electron chi connectivity index (χ0n) is 15.6. The summed E-state index contributed by atoms with van der Waals surface area (Å²) < 4.78 is 4.02. The fourth-order valence-electron chi connectivity index (χ4n) is 3.16. The minimum absolute atomic E-state index is 0.0561. The molecule has 0 aliphatic rings. The van der Waals surface area contributed by atoms with Gasteiger partial charge in [-0.1, -0.05) is 18.2 Å². The Balaban J connectivity index is 1.73. The van der Waals surface area contributed by atoms with Crippen molar-refractivity contribution in [2.45, 2.75) is 13.0 Å². The fourth-order valence-corrected chi connectivity index (χ4v) is 3.16. The number of urea groups is 1. The molecule has 8 nitrogen and oxygen atoms in total. The summed E-state index contributed by atoms with van der Waals surface area (Å²) in [6.07, 6.45) is 2.34. The molecule has 0 radical (unpaired) electrons. The molecule has 1 aromatic carbocycles. The third-order valence-corrected chi connectivity index (χ3v) is 4.59. The number of hydrogen-bond acceptors (Lipinski definition) is 3. The molecule has 0 atom stereocenters. The number of aromatic nitrogens is 2. The molecule has 27 heavy (non-hydrogen) atoms. The molecule has 0 bridgehead atoms. The Morgan fingerprint density at radius 3 is 2.63 bits per heavy atom. The Morgan fingerprint density at radius 2 is 1.85 bits per heavy atom. The summed E-state index contributed by atoms with van der Waals surface area (Å²) in [5.41, 5.74) is 8.18. The standard InChI is InChI=1S/C19H24N6O2/c1-21-19(27)23-9-8-22-18(26)7-10-25-15-6-4-3-5-13(15)14-11-17(20)24(2)12-16(14)25/h3-6,11-12,20H,7-10H2,1-2H3,(H3,21,22,23,26,27)/p+1. The predicted octanol–water partition coefficient (Wildman–Crippen LogP) is 0.637. The Morgan fingerprint density at radius 1 is 1.11 bits per heavy atom. The van der Waals surface area contributed by atoms with Crippen LogP contribution in [-0.4, -0.2) is 36.6 Å². The molecule has 142 valence electrons. The Kier molecular flexibility index (Phi) is 5.44. The molecule has 8 heteroatoms. The van der Waals surface area contributed by atoms with E-state index in [2.05, 4.69) is 32.7 Å². The number of nitrogens with two attached hydrogens (primary N) is 1. The Hall–Kier alpha value is -3.29. The number of benzene rings is 1. The summed E-state index contributed by atoms with van der Waals surface area (Å²) in [6.45, 7) is 1.34. The van der Waals surface area contributed by atoms with Crippen molar-refractivity contribution in [1.29, 1.82) is 0 Å². The molecule has 0 spiro atoms. The smallest absolute Gasteiger partial charge is 0.314 e. The molecule has 0 saturated heterocycles. The van der Waals surface area contributed by atoms with Crippen LogP contribution in [0, 0.1) is 0 Å². The zero-order chi connectivity index (χ0) is 19.4. The van der Waals surface area contributed by atoms with Crippen LogP contribution in [0.15, 0.2) is 36.5 Å². The number of pyridine rings is 1. The number of para-hydroxylation sites is 1. The summed E-state index contributed by atoms with van der Waals surface area (Å²) in [5, 5.41) is 10.1. The number of nitrogens with one attached hydrogen (secondary N) is 3. The summed E-state index contributed by atoms with van der Waals surface area (Å²) in [7, 11) is 3.45. The minimum Gasteiger partial charge on any atom is -0.354 e. The van der Waals surface area contributed by atoms with Crippen molar-refractivity contribution in [2.24, 2.45) is 7.05 Å². The van der Waals surface area contributed by atoms with Crippen LogP contribution < -0.4 is 26.3 Å². The zero-order valence-corrected chi connectivity index (χ0v) is 15.6. The van der Waals surface area contributed by atoms with Gasteiger partial charge in [-0.3, -0.25) is 10.5 Å². The van der Waals surface area contributed by atoms with Gasteiger partial charge >= 0.3 is 6.03 Å². The van der Waals surface area contributed by atoms with Crippen LogP contribution in [0.1, 0.15) is 6.42 Å². The number of carbonyl (C=O) groups excluding carboxylic acids is 2. The normalized spacial score (nSPS) is 10.9. The van der Waals surface area contributed by atoms with Gasteiger partial charge in [0, 0.05) is 55.5 Å². The predicted molar refractivity (Wildman–Crippen MR) is 105 cm³/mol. The second-order valence-electron chi connectivity index (χ2n) is 6.38. The molecule has 0 saturated carbocycles. The topological polar surface area (TPSA) is 105 Å². The van der Waals surface area contributed by atoms with Crippen molar-refractivity contribution >= 4 is 39.6 Å². The van der Waals surface area contributed by atoms with Gasteiger partial charge in [-0.15, -0.1) is 0 Å². The lowest BCUT2D eigenvalue weighted by Crippen LogP contribution is -2.38. The lowest BCUT2D eigenvalue weighted by molar-refractivity contribution is -0.655. The quantitative estimate of drug-likeness (QED) is 0.378. The largest absolute Gasteiger partial charge is 0.354 e. The molecule has 2 aromatic heterocycles. The van der Waals surface area contributed by atoms with Crippen molar-refractivity contribution in [3.05, 3.63) is 36.5 Å². The van der Waals surface area contributed by atoms with E-state index >= 15 is 0 Å². The number of nitrogen functional groups attached to an aromatic ring is 1. The van der Waals surface area contributed by atoms with Crippen LogP contribution in [0.2, 0.25) is 0 Å². The summed E-state index contributed by atoms with van der Waals surface area (Å²) >= 11 is 0. The number of amides is 3. The van der Waals surface area contributed by atoms with Crippen LogP contribution in [-0.2, 0) is 18.4 Å². The van der Waals surface area contributed by atoms with E-state index in [-0.39, 0.29) is 11.9 Å². The van der Waals surface area contributed by atoms with E-state index in [0.29, 0.717) is 31.9 Å². The van der Waals surface area contributed by atoms with E-state index in [0.717, 1.165) is 21.8 Å². The highest BCUT2D eigenvalue weighted by Crippen LogP contribution is 2.29. The first kappa shape index (κ1) is 18.5. The molecular weight excluding hydrogens is 344 g/mol. The number of anilines is 1. The van der Waals surface area contributed by atoms with Crippen molar-refractivity contribution in [3.63, 3.8) is 0 Å². The SMILES string of the molecule is CNC(=O)NCCNC(=O)CCn1c2ccccc2c2cc(N)[n+](C)cc21. The van der Waals surface area contributed by atoms with E-state index in [1.807, 2.05) is 36.0 Å². The molecule has 3 rings (SSSR count). The highest BCUT2D eigenvalue weighted by Gasteiger charge is 2.15. The van der Waals surface area contributed by atoms with Crippen LogP contribution in [0.4, 0.5) is 10.6 Å². The number of carbonyl (C=O) groups is 2. The van der Waals surface area contributed by atoms with Gasteiger partial charge in [0.25, 0.3) is 5.82 Å². The van der Waals surface area contributed by atoms with Gasteiger partial charge in [-0.25, -0.2) is 9.36 Å². The van der Waals surface area contributed by atoms with Crippen molar-refractivity contribution in [3.8, 4) is 0 Å². The first-order valence-corrected chi connectivity index (χ1v) is 8.89. The number of nitrogens with zero attached hydrogens (tertiary/aromatic N) is 2. The van der Waals surface area contributed by atoms with Crippen molar-refractivity contribution in [1.82, 2.24) is 20.5 Å². The number of fused-ring (bicyclic) bond motifs is 3. The lowest BCUT2D eigenvalue weighted by atomic mass is 10.2.